The van der Waals surface area contributed by atoms with Crippen LogP contribution in [0, 0.1) is 0 Å². The first-order valence-electron chi connectivity index (χ1n) is 10.2. The molecule has 0 radical (unpaired) electrons. The van der Waals surface area contributed by atoms with Gasteiger partial charge in [-0.05, 0) is 42.7 Å². The number of aromatic nitrogens is 1. The molecule has 1 aliphatic carbocycles. The molecule has 1 heterocycles. The Labute approximate surface area is 174 Å². The summed E-state index contributed by atoms with van der Waals surface area (Å²) in [5.74, 6) is -0.175. The second-order valence-corrected chi connectivity index (χ2v) is 7.59. The Bertz CT molecular complexity index is 1080. The summed E-state index contributed by atoms with van der Waals surface area (Å²) in [6.07, 6.45) is 6.05. The van der Waals surface area contributed by atoms with E-state index < -0.39 is 10.9 Å². The Hall–Kier alpha value is -3.48. The lowest BCUT2D eigenvalue weighted by atomic mass is 10.1. The summed E-state index contributed by atoms with van der Waals surface area (Å²) in [5, 5.41) is 9.13. The second-order valence-electron chi connectivity index (χ2n) is 7.59. The SMILES string of the molecule is O=C(NCc1ccccn1)c1ccc(CNc2c(NC3CCCC3)c(=O)c2=O)cc1. The highest BCUT2D eigenvalue weighted by atomic mass is 16.2. The standard InChI is InChI=1S/C23H24N4O3/c28-21-19(20(22(21)29)27-17-5-1-2-6-17)25-13-15-8-10-16(11-9-15)23(30)26-14-18-7-3-4-12-24-18/h3-4,7-12,17,25,27H,1-2,5-6,13-14H2,(H,26,30). The number of amides is 1. The van der Waals surface area contributed by atoms with Crippen LogP contribution in [-0.2, 0) is 13.1 Å². The molecule has 0 spiro atoms. The normalized spacial score (nSPS) is 14.0. The third-order valence-corrected chi connectivity index (χ3v) is 5.46. The summed E-state index contributed by atoms with van der Waals surface area (Å²) in [6.45, 7) is 0.768. The van der Waals surface area contributed by atoms with Crippen molar-refractivity contribution in [2.45, 2.75) is 44.8 Å². The molecule has 1 aromatic heterocycles. The molecule has 1 saturated carbocycles. The van der Waals surface area contributed by atoms with E-state index in [4.69, 9.17) is 0 Å². The van der Waals surface area contributed by atoms with Crippen molar-refractivity contribution in [3.8, 4) is 0 Å². The van der Waals surface area contributed by atoms with Crippen LogP contribution in [0.15, 0.2) is 58.3 Å². The van der Waals surface area contributed by atoms with Gasteiger partial charge in [0.2, 0.25) is 0 Å². The smallest absolute Gasteiger partial charge is 0.253 e. The van der Waals surface area contributed by atoms with E-state index >= 15 is 0 Å². The summed E-state index contributed by atoms with van der Waals surface area (Å²) in [5.41, 5.74) is 2.12. The highest BCUT2D eigenvalue weighted by Gasteiger charge is 2.24. The van der Waals surface area contributed by atoms with Gasteiger partial charge in [0.15, 0.2) is 0 Å². The zero-order chi connectivity index (χ0) is 20.9. The van der Waals surface area contributed by atoms with Crippen LogP contribution in [0.4, 0.5) is 11.4 Å². The maximum Gasteiger partial charge on any atom is 0.253 e. The van der Waals surface area contributed by atoms with Gasteiger partial charge in [-0.3, -0.25) is 19.4 Å². The summed E-state index contributed by atoms with van der Waals surface area (Å²) in [6, 6.07) is 13.0. The number of carbonyl (C=O) groups is 1. The molecule has 1 aliphatic rings. The number of rotatable bonds is 8. The first-order chi connectivity index (χ1) is 14.6. The Morgan fingerprint density at radius 2 is 1.67 bits per heavy atom. The highest BCUT2D eigenvalue weighted by molar-refractivity contribution is 5.94. The number of benzene rings is 1. The number of anilines is 2. The fourth-order valence-corrected chi connectivity index (χ4v) is 3.71. The monoisotopic (exact) mass is 404 g/mol. The van der Waals surface area contributed by atoms with Crippen LogP contribution in [0.1, 0.15) is 47.3 Å². The van der Waals surface area contributed by atoms with Crippen LogP contribution >= 0.6 is 0 Å². The number of hydrogen-bond donors (Lipinski definition) is 3. The van der Waals surface area contributed by atoms with Crippen LogP contribution in [0.25, 0.3) is 0 Å². The largest absolute Gasteiger partial charge is 0.377 e. The third-order valence-electron chi connectivity index (χ3n) is 5.46. The Morgan fingerprint density at radius 3 is 2.37 bits per heavy atom. The average molecular weight is 404 g/mol. The molecule has 1 fully saturated rings. The van der Waals surface area contributed by atoms with Crippen molar-refractivity contribution in [3.63, 3.8) is 0 Å². The molecule has 3 N–H and O–H groups in total. The van der Waals surface area contributed by atoms with E-state index in [1.807, 2.05) is 30.3 Å². The van der Waals surface area contributed by atoms with Gasteiger partial charge < -0.3 is 16.0 Å². The molecule has 30 heavy (non-hydrogen) atoms. The number of carbonyl (C=O) groups excluding carboxylic acids is 1. The van der Waals surface area contributed by atoms with Gasteiger partial charge in [-0.1, -0.05) is 31.0 Å². The molecule has 1 amide bonds. The molecule has 0 saturated heterocycles. The molecule has 7 nitrogen and oxygen atoms in total. The number of pyridine rings is 1. The zero-order valence-electron chi connectivity index (χ0n) is 16.6. The van der Waals surface area contributed by atoms with E-state index in [-0.39, 0.29) is 11.9 Å². The molecular formula is C23H24N4O3. The maximum absolute atomic E-state index is 12.3. The zero-order valence-corrected chi connectivity index (χ0v) is 16.6. The Balaban J connectivity index is 1.32. The molecule has 7 heteroatoms. The van der Waals surface area contributed by atoms with E-state index in [1.54, 1.807) is 18.3 Å². The molecule has 0 bridgehead atoms. The van der Waals surface area contributed by atoms with E-state index in [0.717, 1.165) is 36.9 Å². The summed E-state index contributed by atoms with van der Waals surface area (Å²) >= 11 is 0. The van der Waals surface area contributed by atoms with Crippen molar-refractivity contribution in [1.82, 2.24) is 10.3 Å². The van der Waals surface area contributed by atoms with Gasteiger partial charge in [0.25, 0.3) is 16.8 Å². The van der Waals surface area contributed by atoms with Gasteiger partial charge in [-0.15, -0.1) is 0 Å². The Morgan fingerprint density at radius 1 is 0.933 bits per heavy atom. The summed E-state index contributed by atoms with van der Waals surface area (Å²) in [7, 11) is 0. The van der Waals surface area contributed by atoms with Crippen molar-refractivity contribution in [2.24, 2.45) is 0 Å². The van der Waals surface area contributed by atoms with Gasteiger partial charge in [-0.25, -0.2) is 0 Å². The molecule has 2 aromatic carbocycles. The average Bonchev–Trinajstić information content (AvgIpc) is 3.31. The number of nitrogens with one attached hydrogen (secondary N) is 3. The predicted octanol–water partition coefficient (Wildman–Crippen LogP) is 2.57. The second kappa shape index (κ2) is 8.90. The molecule has 0 aliphatic heterocycles. The van der Waals surface area contributed by atoms with Crippen molar-refractivity contribution in [1.29, 1.82) is 0 Å². The minimum absolute atomic E-state index is 0.175. The highest BCUT2D eigenvalue weighted by Crippen LogP contribution is 2.24. The molecule has 0 atom stereocenters. The van der Waals surface area contributed by atoms with Gasteiger partial charge >= 0.3 is 0 Å². The Kier molecular flexibility index (Phi) is 5.88. The predicted molar refractivity (Wildman–Crippen MR) is 116 cm³/mol. The van der Waals surface area contributed by atoms with Crippen LogP contribution < -0.4 is 26.8 Å². The number of nitrogens with zero attached hydrogens (tertiary/aromatic N) is 1. The topological polar surface area (TPSA) is 100 Å². The van der Waals surface area contributed by atoms with Crippen molar-refractivity contribution in [2.75, 3.05) is 10.6 Å². The number of hydrogen-bond acceptors (Lipinski definition) is 6. The van der Waals surface area contributed by atoms with Crippen LogP contribution in [0.5, 0.6) is 0 Å². The molecule has 154 valence electrons. The fraction of sp³-hybridized carbons (Fsp3) is 0.304. The van der Waals surface area contributed by atoms with E-state index in [1.165, 1.54) is 0 Å². The summed E-state index contributed by atoms with van der Waals surface area (Å²) in [4.78, 5) is 40.3. The lowest BCUT2D eigenvalue weighted by Gasteiger charge is -2.18. The van der Waals surface area contributed by atoms with E-state index in [9.17, 15) is 14.4 Å². The first-order valence-corrected chi connectivity index (χ1v) is 10.2. The van der Waals surface area contributed by atoms with Crippen LogP contribution in [0.2, 0.25) is 0 Å². The van der Waals surface area contributed by atoms with Crippen LogP contribution in [-0.4, -0.2) is 16.9 Å². The van der Waals surface area contributed by atoms with Gasteiger partial charge in [0.05, 0.1) is 12.2 Å². The minimum Gasteiger partial charge on any atom is -0.377 e. The van der Waals surface area contributed by atoms with E-state index in [0.29, 0.717) is 30.0 Å². The third kappa shape index (κ3) is 4.40. The molecular weight excluding hydrogens is 380 g/mol. The van der Waals surface area contributed by atoms with Crippen molar-refractivity contribution >= 4 is 17.3 Å². The minimum atomic E-state index is -0.471. The first kappa shape index (κ1) is 19.8. The molecule has 4 rings (SSSR count). The quantitative estimate of drug-likeness (QED) is 0.499. The lowest BCUT2D eigenvalue weighted by Crippen LogP contribution is -2.39. The van der Waals surface area contributed by atoms with Gasteiger partial charge in [0.1, 0.15) is 11.4 Å². The molecule has 3 aromatic rings. The van der Waals surface area contributed by atoms with Crippen LogP contribution in [0.3, 0.4) is 0 Å². The van der Waals surface area contributed by atoms with Gasteiger partial charge in [-0.2, -0.15) is 0 Å². The van der Waals surface area contributed by atoms with Crippen molar-refractivity contribution < 1.29 is 4.79 Å². The lowest BCUT2D eigenvalue weighted by molar-refractivity contribution is 0.0950. The fourth-order valence-electron chi connectivity index (χ4n) is 3.71. The van der Waals surface area contributed by atoms with Gasteiger partial charge in [0, 0.05) is 24.3 Å². The summed E-state index contributed by atoms with van der Waals surface area (Å²) < 4.78 is 0. The van der Waals surface area contributed by atoms with E-state index in [2.05, 4.69) is 20.9 Å². The van der Waals surface area contributed by atoms with Crippen molar-refractivity contribution in [3.05, 3.63) is 85.9 Å². The maximum atomic E-state index is 12.3. The molecule has 0 unspecified atom stereocenters.